The lowest BCUT2D eigenvalue weighted by atomic mass is 9.73. The summed E-state index contributed by atoms with van der Waals surface area (Å²) in [5.41, 5.74) is -0.749. The van der Waals surface area contributed by atoms with Crippen LogP contribution in [0.15, 0.2) is 14.8 Å². The van der Waals surface area contributed by atoms with Gasteiger partial charge in [0, 0.05) is 19.4 Å². The van der Waals surface area contributed by atoms with E-state index in [1.54, 1.807) is 20.8 Å². The van der Waals surface area contributed by atoms with E-state index in [1.165, 1.54) is 0 Å². The van der Waals surface area contributed by atoms with Crippen molar-refractivity contribution >= 4 is 49.7 Å². The zero-order valence-electron chi connectivity index (χ0n) is 22.8. The van der Waals surface area contributed by atoms with Crippen molar-refractivity contribution in [1.82, 2.24) is 9.55 Å². The topological polar surface area (TPSA) is 114 Å². The van der Waals surface area contributed by atoms with E-state index >= 15 is 0 Å². The molecule has 208 valence electrons. The number of hydrogen-bond acceptors (Lipinski definition) is 7. The van der Waals surface area contributed by atoms with Gasteiger partial charge in [0.15, 0.2) is 0 Å². The number of ketones is 1. The molecule has 7 atom stereocenters. The molecule has 37 heavy (non-hydrogen) atoms. The van der Waals surface area contributed by atoms with E-state index in [0.717, 1.165) is 29.4 Å². The second-order valence-corrected chi connectivity index (χ2v) is 13.1. The summed E-state index contributed by atoms with van der Waals surface area (Å²) >= 11 is 6.90. The first-order valence-electron chi connectivity index (χ1n) is 12.9. The average Bonchev–Trinajstić information content (AvgIpc) is 3.40. The number of cyclic esters (lactones) is 1. The molecule has 0 bridgehead atoms. The van der Waals surface area contributed by atoms with Crippen LogP contribution in [0.1, 0.15) is 79.5 Å². The number of aromatic nitrogens is 2. The number of imidazole rings is 1. The molecular formula is C27H40Br2N2O6. The number of halogens is 2. The third kappa shape index (κ3) is 6.75. The number of epoxide rings is 1. The molecule has 0 radical (unpaired) electrons. The van der Waals surface area contributed by atoms with Crippen molar-refractivity contribution in [3.63, 3.8) is 0 Å². The Balaban J connectivity index is 1.89. The summed E-state index contributed by atoms with van der Waals surface area (Å²) in [6.45, 7) is 10.8. The summed E-state index contributed by atoms with van der Waals surface area (Å²) in [7, 11) is 1.88. The number of rotatable bonds is 2. The van der Waals surface area contributed by atoms with Crippen LogP contribution in [0.25, 0.3) is 6.08 Å². The van der Waals surface area contributed by atoms with E-state index in [4.69, 9.17) is 9.47 Å². The fourth-order valence-electron chi connectivity index (χ4n) is 5.18. The molecule has 1 aromatic rings. The molecule has 3 rings (SSSR count). The van der Waals surface area contributed by atoms with Crippen LogP contribution in [0.3, 0.4) is 0 Å². The molecule has 2 aliphatic heterocycles. The van der Waals surface area contributed by atoms with Gasteiger partial charge in [0.25, 0.3) is 0 Å². The molecule has 0 aliphatic carbocycles. The van der Waals surface area contributed by atoms with E-state index in [9.17, 15) is 19.8 Å². The monoisotopic (exact) mass is 646 g/mol. The van der Waals surface area contributed by atoms with Crippen LogP contribution in [0.2, 0.25) is 0 Å². The number of aliphatic hydroxyl groups excluding tert-OH is 2. The SMILES string of the molecule is C/C(=C\c1nc(Br)c(Br)n1C)[C@@H]1C[C@@H]2O[C@]2(C)CCC[C@H](C)[C@H](O)[C@@H](C)C(=O)C(C)(C)[C@@H](O)CC(=O)O1. The van der Waals surface area contributed by atoms with Crippen LogP contribution in [-0.2, 0) is 26.1 Å². The Bertz CT molecular complexity index is 1050. The minimum atomic E-state index is -1.25. The van der Waals surface area contributed by atoms with Crippen molar-refractivity contribution in [2.45, 2.75) is 104 Å². The Morgan fingerprint density at radius 3 is 2.43 bits per heavy atom. The first-order chi connectivity index (χ1) is 17.1. The number of ether oxygens (including phenoxy) is 2. The molecule has 8 nitrogen and oxygen atoms in total. The lowest BCUT2D eigenvalue weighted by molar-refractivity contribution is -0.154. The lowest BCUT2D eigenvalue weighted by Crippen LogP contribution is -2.45. The van der Waals surface area contributed by atoms with E-state index < -0.39 is 35.6 Å². The van der Waals surface area contributed by atoms with Gasteiger partial charge < -0.3 is 24.3 Å². The number of Topliss-reactive ketones (excluding diaryl/α,β-unsaturated/α-hetero) is 1. The summed E-state index contributed by atoms with van der Waals surface area (Å²) in [4.78, 5) is 30.8. The van der Waals surface area contributed by atoms with Gasteiger partial charge in [-0.2, -0.15) is 0 Å². The van der Waals surface area contributed by atoms with Crippen LogP contribution in [0.5, 0.6) is 0 Å². The molecule has 2 N–H and O–H groups in total. The van der Waals surface area contributed by atoms with Crippen molar-refractivity contribution in [3.8, 4) is 0 Å². The van der Waals surface area contributed by atoms with Crippen molar-refractivity contribution in [2.75, 3.05) is 0 Å². The maximum Gasteiger partial charge on any atom is 0.309 e. The van der Waals surface area contributed by atoms with Gasteiger partial charge in [0.1, 0.15) is 26.9 Å². The zero-order chi connectivity index (χ0) is 27.9. The highest BCUT2D eigenvalue weighted by Gasteiger charge is 2.53. The second-order valence-electron chi connectivity index (χ2n) is 11.6. The molecule has 0 amide bonds. The number of hydrogen-bond donors (Lipinski definition) is 2. The van der Waals surface area contributed by atoms with E-state index in [1.807, 2.05) is 31.5 Å². The molecule has 0 unspecified atom stereocenters. The van der Waals surface area contributed by atoms with E-state index in [0.29, 0.717) is 16.8 Å². The van der Waals surface area contributed by atoms with Gasteiger partial charge in [-0.1, -0.05) is 34.1 Å². The predicted molar refractivity (Wildman–Crippen MR) is 148 cm³/mol. The second kappa shape index (κ2) is 11.6. The Morgan fingerprint density at radius 2 is 1.84 bits per heavy atom. The normalized spacial score (nSPS) is 36.1. The molecular weight excluding hydrogens is 608 g/mol. The third-order valence-corrected chi connectivity index (χ3v) is 10.3. The van der Waals surface area contributed by atoms with E-state index in [2.05, 4.69) is 43.8 Å². The van der Waals surface area contributed by atoms with Crippen molar-refractivity contribution in [1.29, 1.82) is 0 Å². The fourth-order valence-corrected chi connectivity index (χ4v) is 5.90. The molecule has 0 saturated carbocycles. The fraction of sp³-hybridized carbons (Fsp3) is 0.741. The Labute approximate surface area is 236 Å². The average molecular weight is 648 g/mol. The van der Waals surface area contributed by atoms with Gasteiger partial charge in [-0.15, -0.1) is 0 Å². The minimum Gasteiger partial charge on any atom is -0.458 e. The highest BCUT2D eigenvalue weighted by Crippen LogP contribution is 2.45. The number of carbonyl (C=O) groups excluding carboxylic acids is 2. The van der Waals surface area contributed by atoms with Crippen molar-refractivity contribution in [3.05, 3.63) is 20.6 Å². The zero-order valence-corrected chi connectivity index (χ0v) is 25.9. The molecule has 2 saturated heterocycles. The van der Waals surface area contributed by atoms with Gasteiger partial charge in [-0.05, 0) is 76.1 Å². The Kier molecular flexibility index (Phi) is 9.54. The predicted octanol–water partition coefficient (Wildman–Crippen LogP) is 4.97. The van der Waals surface area contributed by atoms with Crippen molar-refractivity contribution in [2.24, 2.45) is 24.3 Å². The van der Waals surface area contributed by atoms with Gasteiger partial charge in [-0.25, -0.2) is 4.98 Å². The van der Waals surface area contributed by atoms with Crippen LogP contribution in [-0.4, -0.2) is 61.5 Å². The number of esters is 1. The quantitative estimate of drug-likeness (QED) is 0.344. The molecule has 2 fully saturated rings. The molecule has 3 heterocycles. The minimum absolute atomic E-state index is 0.0801. The van der Waals surface area contributed by atoms with Crippen LogP contribution >= 0.6 is 31.9 Å². The molecule has 0 aromatic carbocycles. The first-order valence-corrected chi connectivity index (χ1v) is 14.5. The maximum absolute atomic E-state index is 13.3. The lowest BCUT2D eigenvalue weighted by Gasteiger charge is -2.34. The summed E-state index contributed by atoms with van der Waals surface area (Å²) in [6.07, 6.45) is 1.69. The first kappa shape index (κ1) is 30.5. The Hall–Kier alpha value is -1.07. The third-order valence-electron chi connectivity index (χ3n) is 8.29. The highest BCUT2D eigenvalue weighted by atomic mass is 79.9. The van der Waals surface area contributed by atoms with Gasteiger partial charge in [0.05, 0.1) is 35.7 Å². The van der Waals surface area contributed by atoms with Crippen LogP contribution < -0.4 is 0 Å². The number of fused-ring (bicyclic) bond motifs is 1. The molecule has 10 heteroatoms. The summed E-state index contributed by atoms with van der Waals surface area (Å²) in [5, 5.41) is 21.8. The number of carbonyl (C=O) groups is 2. The maximum atomic E-state index is 13.3. The molecule has 0 spiro atoms. The Morgan fingerprint density at radius 1 is 1.19 bits per heavy atom. The standard InChI is InChI=1S/C27H40Br2N2O6/c1-14-9-8-10-27(6)19(37-27)12-17(15(2)11-20-30-24(28)25(29)31(20)7)36-21(33)13-18(32)26(4,5)23(35)16(3)22(14)34/h11,14,16-19,22,32,34H,8-10,12-13H2,1-7H3/b15-11+/t14-,16+,17-,18-,19-,22-,27+/m0/s1. The summed E-state index contributed by atoms with van der Waals surface area (Å²) < 4.78 is 15.3. The molecule has 1 aromatic heterocycles. The van der Waals surface area contributed by atoms with Crippen LogP contribution in [0.4, 0.5) is 0 Å². The summed E-state index contributed by atoms with van der Waals surface area (Å²) in [6, 6.07) is 0. The van der Waals surface area contributed by atoms with Gasteiger partial charge in [-0.3, -0.25) is 9.59 Å². The smallest absolute Gasteiger partial charge is 0.309 e. The number of nitrogens with zero attached hydrogens (tertiary/aromatic N) is 2. The van der Waals surface area contributed by atoms with Crippen LogP contribution in [0, 0.1) is 17.3 Å². The number of aliphatic hydroxyl groups is 2. The van der Waals surface area contributed by atoms with Gasteiger partial charge in [0.2, 0.25) is 0 Å². The van der Waals surface area contributed by atoms with Crippen molar-refractivity contribution < 1.29 is 29.3 Å². The van der Waals surface area contributed by atoms with Gasteiger partial charge >= 0.3 is 5.97 Å². The largest absolute Gasteiger partial charge is 0.458 e. The van der Waals surface area contributed by atoms with E-state index in [-0.39, 0.29) is 29.8 Å². The highest BCUT2D eigenvalue weighted by molar-refractivity contribution is 9.13. The molecule has 2 aliphatic rings. The summed E-state index contributed by atoms with van der Waals surface area (Å²) in [5.74, 6) is -0.926.